The molecule has 78 valence electrons. The summed E-state index contributed by atoms with van der Waals surface area (Å²) >= 11 is 0. The molecule has 0 amide bonds. The van der Waals surface area contributed by atoms with Gasteiger partial charge in [0.05, 0.1) is 11.4 Å². The largest absolute Gasteiger partial charge is 0.294 e. The third-order valence-electron chi connectivity index (χ3n) is 1.82. The average molecular weight is 214 g/mol. The van der Waals surface area contributed by atoms with E-state index >= 15 is 0 Å². The van der Waals surface area contributed by atoms with Gasteiger partial charge < -0.3 is 0 Å². The molecule has 2 heterocycles. The van der Waals surface area contributed by atoms with Crippen LogP contribution in [0.3, 0.4) is 0 Å². The Hall–Kier alpha value is -2.50. The molecular formula is C10H6N4O2. The number of rotatable bonds is 3. The van der Waals surface area contributed by atoms with Crippen molar-refractivity contribution in [2.75, 3.05) is 0 Å². The Labute approximate surface area is 90.4 Å². The van der Waals surface area contributed by atoms with Crippen molar-refractivity contribution in [3.63, 3.8) is 0 Å². The predicted molar refractivity (Wildman–Crippen MR) is 53.8 cm³/mol. The maximum absolute atomic E-state index is 10.5. The Morgan fingerprint density at radius 3 is 1.62 bits per heavy atom. The molecule has 6 heteroatoms. The Morgan fingerprint density at radius 1 is 0.812 bits per heavy atom. The van der Waals surface area contributed by atoms with Crippen LogP contribution in [0.5, 0.6) is 0 Å². The van der Waals surface area contributed by atoms with Crippen molar-refractivity contribution < 1.29 is 9.59 Å². The fourth-order valence-electron chi connectivity index (χ4n) is 1.15. The SMILES string of the molecule is O=Cc1nccc(-c2ccnc(C=O)n2)n1. The minimum Gasteiger partial charge on any atom is -0.294 e. The molecule has 2 aromatic rings. The van der Waals surface area contributed by atoms with E-state index in [0.29, 0.717) is 24.0 Å². The van der Waals surface area contributed by atoms with Crippen LogP contribution in [-0.2, 0) is 0 Å². The van der Waals surface area contributed by atoms with Crippen molar-refractivity contribution >= 4 is 12.6 Å². The minimum atomic E-state index is 0.0729. The number of hydrogen-bond acceptors (Lipinski definition) is 6. The molecule has 0 radical (unpaired) electrons. The van der Waals surface area contributed by atoms with Gasteiger partial charge in [-0.25, -0.2) is 19.9 Å². The highest BCUT2D eigenvalue weighted by atomic mass is 16.1. The summed E-state index contributed by atoms with van der Waals surface area (Å²) in [5.41, 5.74) is 0.949. The fourth-order valence-corrected chi connectivity index (χ4v) is 1.15. The summed E-state index contributed by atoms with van der Waals surface area (Å²) in [5.74, 6) is 0.146. The highest BCUT2D eigenvalue weighted by Crippen LogP contribution is 2.12. The molecule has 2 aromatic heterocycles. The van der Waals surface area contributed by atoms with Gasteiger partial charge in [-0.05, 0) is 12.1 Å². The zero-order chi connectivity index (χ0) is 11.4. The van der Waals surface area contributed by atoms with Crippen LogP contribution in [0.2, 0.25) is 0 Å². The monoisotopic (exact) mass is 214 g/mol. The number of hydrogen-bond donors (Lipinski definition) is 0. The molecule has 0 aliphatic rings. The van der Waals surface area contributed by atoms with Crippen molar-refractivity contribution in [2.24, 2.45) is 0 Å². The number of nitrogens with zero attached hydrogens (tertiary/aromatic N) is 4. The standard InChI is InChI=1S/C10H6N4O2/c15-5-9-11-3-1-7(13-9)8-2-4-12-10(6-16)14-8/h1-6H. The van der Waals surface area contributed by atoms with Gasteiger partial charge in [0.15, 0.2) is 24.2 Å². The molecule has 0 unspecified atom stereocenters. The van der Waals surface area contributed by atoms with Crippen LogP contribution in [0.15, 0.2) is 24.5 Å². The van der Waals surface area contributed by atoms with Crippen LogP contribution < -0.4 is 0 Å². The molecule has 0 saturated carbocycles. The molecule has 0 bridgehead atoms. The quantitative estimate of drug-likeness (QED) is 0.694. The minimum absolute atomic E-state index is 0.0729. The van der Waals surface area contributed by atoms with E-state index in [1.54, 1.807) is 12.1 Å². The van der Waals surface area contributed by atoms with Crippen molar-refractivity contribution in [3.8, 4) is 11.4 Å². The van der Waals surface area contributed by atoms with E-state index < -0.39 is 0 Å². The molecule has 16 heavy (non-hydrogen) atoms. The van der Waals surface area contributed by atoms with Gasteiger partial charge in [-0.1, -0.05) is 0 Å². The summed E-state index contributed by atoms with van der Waals surface area (Å²) in [6.45, 7) is 0. The number of carbonyl (C=O) groups excluding carboxylic acids is 2. The summed E-state index contributed by atoms with van der Waals surface area (Å²) < 4.78 is 0. The van der Waals surface area contributed by atoms with E-state index in [2.05, 4.69) is 19.9 Å². The molecule has 0 aliphatic heterocycles. The van der Waals surface area contributed by atoms with E-state index in [4.69, 9.17) is 0 Å². The first-order valence-electron chi connectivity index (χ1n) is 4.40. The maximum atomic E-state index is 10.5. The van der Waals surface area contributed by atoms with Gasteiger partial charge in [0.25, 0.3) is 0 Å². The van der Waals surface area contributed by atoms with E-state index in [1.165, 1.54) is 12.4 Å². The van der Waals surface area contributed by atoms with Gasteiger partial charge in [-0.3, -0.25) is 9.59 Å². The average Bonchev–Trinajstić information content (AvgIpc) is 2.39. The van der Waals surface area contributed by atoms with Crippen molar-refractivity contribution in [1.29, 1.82) is 0 Å². The molecular weight excluding hydrogens is 208 g/mol. The van der Waals surface area contributed by atoms with Crippen molar-refractivity contribution in [3.05, 3.63) is 36.2 Å². The van der Waals surface area contributed by atoms with Gasteiger partial charge in [0, 0.05) is 12.4 Å². The lowest BCUT2D eigenvalue weighted by Crippen LogP contribution is -1.98. The summed E-state index contributed by atoms with van der Waals surface area (Å²) in [5, 5.41) is 0. The number of carbonyl (C=O) groups is 2. The van der Waals surface area contributed by atoms with Crippen LogP contribution in [0, 0.1) is 0 Å². The second-order valence-corrected chi connectivity index (χ2v) is 2.84. The van der Waals surface area contributed by atoms with Crippen LogP contribution in [0.1, 0.15) is 21.2 Å². The maximum Gasteiger partial charge on any atom is 0.193 e. The van der Waals surface area contributed by atoms with Gasteiger partial charge >= 0.3 is 0 Å². The van der Waals surface area contributed by atoms with E-state index in [9.17, 15) is 9.59 Å². The first-order chi connectivity index (χ1) is 7.83. The van der Waals surface area contributed by atoms with Crippen molar-refractivity contribution in [1.82, 2.24) is 19.9 Å². The topological polar surface area (TPSA) is 85.7 Å². The molecule has 0 N–H and O–H groups in total. The smallest absolute Gasteiger partial charge is 0.193 e. The number of aromatic nitrogens is 4. The molecule has 0 saturated heterocycles. The predicted octanol–water partition coefficient (Wildman–Crippen LogP) is 0.559. The van der Waals surface area contributed by atoms with Crippen LogP contribution >= 0.6 is 0 Å². The fraction of sp³-hybridized carbons (Fsp3) is 0. The van der Waals surface area contributed by atoms with Crippen LogP contribution in [0.25, 0.3) is 11.4 Å². The van der Waals surface area contributed by atoms with Gasteiger partial charge in [0.2, 0.25) is 0 Å². The Kier molecular flexibility index (Phi) is 2.73. The highest BCUT2D eigenvalue weighted by Gasteiger charge is 2.04. The van der Waals surface area contributed by atoms with E-state index in [1.807, 2.05) is 0 Å². The van der Waals surface area contributed by atoms with Crippen LogP contribution in [-0.4, -0.2) is 32.5 Å². The van der Waals surface area contributed by atoms with Crippen molar-refractivity contribution in [2.45, 2.75) is 0 Å². The molecule has 6 nitrogen and oxygen atoms in total. The Bertz CT molecular complexity index is 492. The summed E-state index contributed by atoms with van der Waals surface area (Å²) in [6.07, 6.45) is 4.00. The Morgan fingerprint density at radius 2 is 1.25 bits per heavy atom. The Balaban J connectivity index is 2.49. The molecule has 0 fully saturated rings. The van der Waals surface area contributed by atoms with E-state index in [-0.39, 0.29) is 11.6 Å². The molecule has 0 spiro atoms. The first-order valence-corrected chi connectivity index (χ1v) is 4.40. The van der Waals surface area contributed by atoms with Crippen LogP contribution in [0.4, 0.5) is 0 Å². The zero-order valence-corrected chi connectivity index (χ0v) is 8.07. The third kappa shape index (κ3) is 1.95. The lowest BCUT2D eigenvalue weighted by atomic mass is 10.3. The lowest BCUT2D eigenvalue weighted by Gasteiger charge is -1.99. The first kappa shape index (κ1) is 10.0. The summed E-state index contributed by atoms with van der Waals surface area (Å²) in [7, 11) is 0. The second kappa shape index (κ2) is 4.35. The van der Waals surface area contributed by atoms with Gasteiger partial charge in [0.1, 0.15) is 0 Å². The molecule has 0 aliphatic carbocycles. The zero-order valence-electron chi connectivity index (χ0n) is 8.07. The third-order valence-corrected chi connectivity index (χ3v) is 1.82. The van der Waals surface area contributed by atoms with E-state index in [0.717, 1.165) is 0 Å². The van der Waals surface area contributed by atoms with Gasteiger partial charge in [-0.15, -0.1) is 0 Å². The summed E-state index contributed by atoms with van der Waals surface area (Å²) in [6, 6.07) is 3.20. The second-order valence-electron chi connectivity index (χ2n) is 2.84. The normalized spacial score (nSPS) is 9.75. The molecule has 2 rings (SSSR count). The highest BCUT2D eigenvalue weighted by molar-refractivity contribution is 5.72. The molecule has 0 atom stereocenters. The molecule has 0 aromatic carbocycles. The summed E-state index contributed by atoms with van der Waals surface area (Å²) in [4.78, 5) is 36.4. The lowest BCUT2D eigenvalue weighted by molar-refractivity contribution is 0.110. The number of aldehydes is 2. The van der Waals surface area contributed by atoms with Gasteiger partial charge in [-0.2, -0.15) is 0 Å².